The number of H-pyrrole nitrogens is 1. The molecule has 0 radical (unpaired) electrons. The molecule has 0 unspecified atom stereocenters. The van der Waals surface area contributed by atoms with Crippen LogP contribution in [-0.4, -0.2) is 34.6 Å². The van der Waals surface area contributed by atoms with E-state index in [1.807, 2.05) is 86.6 Å². The maximum Gasteiger partial charge on any atom is 0.305 e. The number of hydrogen-bond acceptors (Lipinski definition) is 7. The number of thioether (sulfide) groups is 1. The lowest BCUT2D eigenvalue weighted by Gasteiger charge is -2.43. The SMILES string of the molecule is Cc1ccc(N2C(=O)[C@H]3[C@H]4C[C@@H]([C@@H]3C2=O)[C@@H]2[C@H](c3ccccc3OCC(=O)Nc3cccc(C)c3)c3sc(=O)[nH]c3S[C@H]42)cc1. The summed E-state index contributed by atoms with van der Waals surface area (Å²) in [6.07, 6.45) is 0.800. The first-order chi connectivity index (χ1) is 21.8. The highest BCUT2D eigenvalue weighted by Gasteiger charge is 2.69. The van der Waals surface area contributed by atoms with Crippen molar-refractivity contribution in [3.05, 3.63) is 104 Å². The molecule has 45 heavy (non-hydrogen) atoms. The molecular weight excluding hydrogens is 607 g/mol. The fraction of sp³-hybridized carbons (Fsp3) is 0.314. The van der Waals surface area contributed by atoms with Gasteiger partial charge in [0.25, 0.3) is 5.91 Å². The average Bonchev–Trinajstić information content (AvgIpc) is 3.76. The molecule has 8 nitrogen and oxygen atoms in total. The van der Waals surface area contributed by atoms with E-state index in [-0.39, 0.29) is 64.0 Å². The van der Waals surface area contributed by atoms with Crippen LogP contribution in [0, 0.1) is 43.4 Å². The Morgan fingerprint density at radius 2 is 1.69 bits per heavy atom. The van der Waals surface area contributed by atoms with Gasteiger partial charge in [0.15, 0.2) is 6.61 Å². The summed E-state index contributed by atoms with van der Waals surface area (Å²) in [5.74, 6) is -0.840. The van der Waals surface area contributed by atoms with Crippen molar-refractivity contribution in [2.45, 2.75) is 36.5 Å². The van der Waals surface area contributed by atoms with Crippen LogP contribution >= 0.6 is 23.1 Å². The molecule has 4 aromatic rings. The third-order valence-corrected chi connectivity index (χ3v) is 12.5. The number of ether oxygens (including phenoxy) is 1. The maximum atomic E-state index is 14.0. The standard InChI is InChI=1S/C35H31N3O5S2/c1-17-10-12-20(13-11-17)38-33(40)28-22-15-23(29(28)34(38)41)30-27(22)26(31-32(44-30)37-35(42)45-31)21-8-3-4-9-24(21)43-16-25(39)36-19-7-5-6-18(2)14-19/h3-14,22-23,26-30H,15-16H2,1-2H3,(H,36,39)(H,37,42)/t22-,23-,26+,27-,28+,29+,30-/m1/s1. The Morgan fingerprint density at radius 3 is 2.47 bits per heavy atom. The van der Waals surface area contributed by atoms with Gasteiger partial charge in [-0.05, 0) is 73.9 Å². The Kier molecular flexibility index (Phi) is 6.76. The summed E-state index contributed by atoms with van der Waals surface area (Å²) in [5.41, 5.74) is 4.34. The first kappa shape index (κ1) is 28.3. The number of carbonyl (C=O) groups is 3. The molecule has 2 bridgehead atoms. The molecule has 3 aromatic carbocycles. The van der Waals surface area contributed by atoms with Crippen LogP contribution in [0.3, 0.4) is 0 Å². The predicted octanol–water partition coefficient (Wildman–Crippen LogP) is 5.75. The zero-order chi connectivity index (χ0) is 31.0. The Hall–Kier alpha value is -4.15. The Labute approximate surface area is 268 Å². The van der Waals surface area contributed by atoms with Crippen LogP contribution in [0.15, 0.2) is 82.6 Å². The molecular formula is C35H31N3O5S2. The van der Waals surface area contributed by atoms with Gasteiger partial charge in [-0.3, -0.25) is 24.1 Å². The lowest BCUT2D eigenvalue weighted by molar-refractivity contribution is -0.123. The minimum Gasteiger partial charge on any atom is -0.483 e. The number of aromatic amines is 1. The lowest BCUT2D eigenvalue weighted by Crippen LogP contribution is -2.42. The molecule has 2 saturated carbocycles. The third-order valence-electron chi connectivity index (χ3n) is 9.93. The number of thiazole rings is 1. The number of anilines is 2. The number of imide groups is 1. The van der Waals surface area contributed by atoms with Crippen molar-refractivity contribution in [2.24, 2.45) is 29.6 Å². The van der Waals surface area contributed by atoms with Crippen LogP contribution in [-0.2, 0) is 14.4 Å². The Morgan fingerprint density at radius 1 is 0.933 bits per heavy atom. The van der Waals surface area contributed by atoms with Gasteiger partial charge in [0.05, 0.1) is 22.5 Å². The molecule has 0 spiro atoms. The Bertz CT molecular complexity index is 1920. The molecule has 3 heterocycles. The Balaban J connectivity index is 1.12. The van der Waals surface area contributed by atoms with E-state index in [0.717, 1.165) is 33.0 Å². The highest BCUT2D eigenvalue weighted by atomic mass is 32.2. The smallest absolute Gasteiger partial charge is 0.305 e. The number of amides is 3. The van der Waals surface area contributed by atoms with Crippen LogP contribution in [0.25, 0.3) is 0 Å². The second-order valence-electron chi connectivity index (χ2n) is 12.6. The van der Waals surface area contributed by atoms with Crippen molar-refractivity contribution in [1.29, 1.82) is 0 Å². The second kappa shape index (κ2) is 10.7. The number of fused-ring (bicyclic) bond motifs is 9. The van der Waals surface area contributed by atoms with E-state index in [9.17, 15) is 19.2 Å². The van der Waals surface area contributed by atoms with Gasteiger partial charge >= 0.3 is 4.87 Å². The van der Waals surface area contributed by atoms with Crippen LogP contribution in [0.2, 0.25) is 0 Å². The van der Waals surface area contributed by atoms with Crippen LogP contribution in [0.1, 0.15) is 33.9 Å². The zero-order valence-electron chi connectivity index (χ0n) is 24.7. The van der Waals surface area contributed by atoms with Gasteiger partial charge in [-0.15, -0.1) is 11.8 Å². The number of carbonyl (C=O) groups excluding carboxylic acids is 3. The van der Waals surface area contributed by atoms with Crippen molar-refractivity contribution in [2.75, 3.05) is 16.8 Å². The van der Waals surface area contributed by atoms with Gasteiger partial charge in [0, 0.05) is 27.3 Å². The van der Waals surface area contributed by atoms with Gasteiger partial charge < -0.3 is 15.0 Å². The lowest BCUT2D eigenvalue weighted by atomic mass is 9.68. The van der Waals surface area contributed by atoms with E-state index >= 15 is 0 Å². The maximum absolute atomic E-state index is 14.0. The van der Waals surface area contributed by atoms with Crippen molar-refractivity contribution in [3.8, 4) is 5.75 Å². The second-order valence-corrected chi connectivity index (χ2v) is 14.8. The molecule has 4 aliphatic rings. The fourth-order valence-electron chi connectivity index (χ4n) is 8.25. The van der Waals surface area contributed by atoms with E-state index in [4.69, 9.17) is 4.74 Å². The number of aryl methyl sites for hydroxylation is 2. The summed E-state index contributed by atoms with van der Waals surface area (Å²) >= 11 is 2.86. The number of nitrogens with one attached hydrogen (secondary N) is 2. The highest BCUT2D eigenvalue weighted by molar-refractivity contribution is 8.00. The average molecular weight is 638 g/mol. The summed E-state index contributed by atoms with van der Waals surface area (Å²) in [5, 5.41) is 3.79. The van der Waals surface area contributed by atoms with Crippen molar-refractivity contribution < 1.29 is 19.1 Å². The molecule has 1 aromatic heterocycles. The van der Waals surface area contributed by atoms with Crippen molar-refractivity contribution >= 4 is 52.2 Å². The third kappa shape index (κ3) is 4.56. The molecule has 228 valence electrons. The molecule has 3 amide bonds. The predicted molar refractivity (Wildman–Crippen MR) is 174 cm³/mol. The molecule has 2 aliphatic carbocycles. The number of benzene rings is 3. The van der Waals surface area contributed by atoms with Crippen molar-refractivity contribution in [3.63, 3.8) is 0 Å². The molecule has 7 atom stereocenters. The van der Waals surface area contributed by atoms with Gasteiger partial charge in [-0.25, -0.2) is 0 Å². The number of aromatic nitrogens is 1. The normalized spacial score (nSPS) is 27.7. The number of hydrogen-bond donors (Lipinski definition) is 2. The van der Waals surface area contributed by atoms with Crippen LogP contribution < -0.4 is 19.8 Å². The molecule has 1 saturated heterocycles. The molecule has 2 aliphatic heterocycles. The topological polar surface area (TPSA) is 109 Å². The summed E-state index contributed by atoms with van der Waals surface area (Å²) in [4.78, 5) is 58.8. The van der Waals surface area contributed by atoms with Crippen LogP contribution in [0.4, 0.5) is 11.4 Å². The number of para-hydroxylation sites is 1. The van der Waals surface area contributed by atoms with E-state index in [1.165, 1.54) is 16.2 Å². The highest BCUT2D eigenvalue weighted by Crippen LogP contribution is 2.69. The monoisotopic (exact) mass is 637 g/mol. The minimum absolute atomic E-state index is 0.0163. The molecule has 2 N–H and O–H groups in total. The first-order valence-corrected chi connectivity index (χ1v) is 16.9. The van der Waals surface area contributed by atoms with Gasteiger partial charge in [-0.2, -0.15) is 0 Å². The fourth-order valence-corrected chi connectivity index (χ4v) is 11.1. The van der Waals surface area contributed by atoms with Gasteiger partial charge in [0.1, 0.15) is 5.75 Å². The number of nitrogens with zero attached hydrogens (tertiary/aromatic N) is 1. The quantitative estimate of drug-likeness (QED) is 0.261. The number of rotatable bonds is 6. The summed E-state index contributed by atoms with van der Waals surface area (Å²) < 4.78 is 6.18. The van der Waals surface area contributed by atoms with Crippen molar-refractivity contribution in [1.82, 2.24) is 4.98 Å². The summed E-state index contributed by atoms with van der Waals surface area (Å²) in [7, 11) is 0. The van der Waals surface area contributed by atoms with E-state index in [0.29, 0.717) is 17.1 Å². The van der Waals surface area contributed by atoms with Gasteiger partial charge in [0.2, 0.25) is 11.8 Å². The molecule has 8 rings (SSSR count). The zero-order valence-corrected chi connectivity index (χ0v) is 26.3. The van der Waals surface area contributed by atoms with E-state index < -0.39 is 5.92 Å². The van der Waals surface area contributed by atoms with E-state index in [2.05, 4.69) is 10.3 Å². The first-order valence-electron chi connectivity index (χ1n) is 15.2. The van der Waals surface area contributed by atoms with E-state index in [1.54, 1.807) is 11.8 Å². The minimum atomic E-state index is -0.390. The summed E-state index contributed by atoms with van der Waals surface area (Å²) in [6, 6.07) is 22.8. The molecule has 3 fully saturated rings. The van der Waals surface area contributed by atoms with Crippen LogP contribution in [0.5, 0.6) is 5.75 Å². The summed E-state index contributed by atoms with van der Waals surface area (Å²) in [6.45, 7) is 3.77. The molecule has 10 heteroatoms. The van der Waals surface area contributed by atoms with Gasteiger partial charge in [-0.1, -0.05) is 59.4 Å². The largest absolute Gasteiger partial charge is 0.483 e.